The number of aromatic amines is 1. The Labute approximate surface area is 167 Å². The minimum Gasteiger partial charge on any atom is -0.481 e. The average Bonchev–Trinajstić information content (AvgIpc) is 3.33. The van der Waals surface area contributed by atoms with Gasteiger partial charge in [0.1, 0.15) is 0 Å². The van der Waals surface area contributed by atoms with Crippen molar-refractivity contribution in [3.8, 4) is 0 Å². The van der Waals surface area contributed by atoms with Crippen molar-refractivity contribution in [2.75, 3.05) is 5.32 Å². The molecule has 3 aromatic rings. The van der Waals surface area contributed by atoms with Crippen molar-refractivity contribution < 1.29 is 14.7 Å². The summed E-state index contributed by atoms with van der Waals surface area (Å²) in [4.78, 5) is 38.5. The molecule has 1 saturated carbocycles. The lowest BCUT2D eigenvalue weighted by atomic mass is 10.1. The number of aryl methyl sites for hydroxylation is 1. The van der Waals surface area contributed by atoms with Crippen molar-refractivity contribution >= 4 is 28.6 Å². The third-order valence-corrected chi connectivity index (χ3v) is 5.51. The lowest BCUT2D eigenvalue weighted by Crippen LogP contribution is -2.20. The Balaban J connectivity index is 1.50. The zero-order valence-corrected chi connectivity index (χ0v) is 16.0. The highest BCUT2D eigenvalue weighted by molar-refractivity contribution is 6.05. The number of fused-ring (bicyclic) bond motifs is 1. The smallest absolute Gasteiger partial charge is 0.326 e. The number of nitrogens with zero attached hydrogens (tertiary/aromatic N) is 1. The van der Waals surface area contributed by atoms with E-state index in [0.717, 1.165) is 36.8 Å². The molecule has 1 fully saturated rings. The lowest BCUT2D eigenvalue weighted by Gasteiger charge is -2.11. The summed E-state index contributed by atoms with van der Waals surface area (Å²) >= 11 is 0. The number of amides is 1. The minimum atomic E-state index is -0.836. The Morgan fingerprint density at radius 2 is 1.83 bits per heavy atom. The van der Waals surface area contributed by atoms with Crippen LogP contribution in [0.2, 0.25) is 0 Å². The fourth-order valence-electron chi connectivity index (χ4n) is 4.01. The molecule has 1 aliphatic carbocycles. The second-order valence-electron chi connectivity index (χ2n) is 7.52. The summed E-state index contributed by atoms with van der Waals surface area (Å²) in [6, 6.07) is 12.6. The summed E-state index contributed by atoms with van der Waals surface area (Å²) in [5.41, 5.74) is 3.37. The molecule has 0 spiro atoms. The molecule has 29 heavy (non-hydrogen) atoms. The number of carbonyl (C=O) groups is 2. The fourth-order valence-corrected chi connectivity index (χ4v) is 4.01. The van der Waals surface area contributed by atoms with Crippen LogP contribution in [0, 0.1) is 0 Å². The van der Waals surface area contributed by atoms with E-state index in [1.807, 2.05) is 10.6 Å². The number of H-pyrrole nitrogens is 1. The molecule has 0 saturated heterocycles. The Hall–Kier alpha value is -3.35. The number of anilines is 1. The molecule has 0 unspecified atom stereocenters. The van der Waals surface area contributed by atoms with Gasteiger partial charge in [0.2, 0.25) is 0 Å². The van der Waals surface area contributed by atoms with E-state index < -0.39 is 5.97 Å². The second kappa shape index (κ2) is 7.95. The molecule has 7 heteroatoms. The van der Waals surface area contributed by atoms with Crippen LogP contribution in [0.25, 0.3) is 11.0 Å². The van der Waals surface area contributed by atoms with Gasteiger partial charge in [-0.2, -0.15) is 0 Å². The van der Waals surface area contributed by atoms with E-state index in [1.165, 1.54) is 0 Å². The van der Waals surface area contributed by atoms with Gasteiger partial charge >= 0.3 is 11.7 Å². The molecule has 1 amide bonds. The largest absolute Gasteiger partial charge is 0.481 e. The number of rotatable bonds is 6. The molecule has 1 aromatic heterocycles. The third-order valence-electron chi connectivity index (χ3n) is 5.51. The van der Waals surface area contributed by atoms with Crippen LogP contribution >= 0.6 is 0 Å². The van der Waals surface area contributed by atoms with E-state index in [0.29, 0.717) is 23.2 Å². The first kappa shape index (κ1) is 19.0. The zero-order chi connectivity index (χ0) is 20.4. The number of carboxylic acids is 1. The van der Waals surface area contributed by atoms with Crippen LogP contribution in [0.1, 0.15) is 54.1 Å². The summed E-state index contributed by atoms with van der Waals surface area (Å²) in [5.74, 6) is -1.10. The third kappa shape index (κ3) is 4.08. The van der Waals surface area contributed by atoms with Crippen molar-refractivity contribution in [2.24, 2.45) is 0 Å². The van der Waals surface area contributed by atoms with Crippen molar-refractivity contribution in [3.63, 3.8) is 0 Å². The Morgan fingerprint density at radius 3 is 2.52 bits per heavy atom. The summed E-state index contributed by atoms with van der Waals surface area (Å²) in [5, 5.41) is 11.6. The maximum absolute atomic E-state index is 12.6. The first-order valence-corrected chi connectivity index (χ1v) is 9.87. The number of aliphatic carboxylic acids is 1. The average molecular weight is 393 g/mol. The molecule has 0 radical (unpaired) electrons. The highest BCUT2D eigenvalue weighted by atomic mass is 16.4. The van der Waals surface area contributed by atoms with Crippen molar-refractivity contribution in [1.29, 1.82) is 0 Å². The van der Waals surface area contributed by atoms with Gasteiger partial charge in [-0.1, -0.05) is 25.0 Å². The molecule has 2 aromatic carbocycles. The van der Waals surface area contributed by atoms with Crippen LogP contribution in [0.4, 0.5) is 5.69 Å². The van der Waals surface area contributed by atoms with Gasteiger partial charge in [-0.3, -0.25) is 14.2 Å². The monoisotopic (exact) mass is 393 g/mol. The summed E-state index contributed by atoms with van der Waals surface area (Å²) in [7, 11) is 0. The fraction of sp³-hybridized carbons (Fsp3) is 0.318. The number of hydrogen-bond acceptors (Lipinski definition) is 3. The predicted molar refractivity (Wildman–Crippen MR) is 110 cm³/mol. The number of carboxylic acid groups (broad SMARTS) is 1. The number of nitrogens with one attached hydrogen (secondary N) is 2. The maximum Gasteiger partial charge on any atom is 0.326 e. The van der Waals surface area contributed by atoms with Gasteiger partial charge in [-0.15, -0.1) is 0 Å². The first-order valence-electron chi connectivity index (χ1n) is 9.87. The van der Waals surface area contributed by atoms with Gasteiger partial charge in [0, 0.05) is 23.7 Å². The molecule has 7 nitrogen and oxygen atoms in total. The SMILES string of the molecule is O=C(O)CCc1ccc(NC(=O)c2ccc3c(c2)[nH]c(=O)n3C2CCCC2)cc1. The van der Waals surface area contributed by atoms with Gasteiger partial charge in [0.25, 0.3) is 5.91 Å². The van der Waals surface area contributed by atoms with Crippen LogP contribution in [-0.2, 0) is 11.2 Å². The molecular formula is C22H23N3O4. The van der Waals surface area contributed by atoms with E-state index in [1.54, 1.807) is 36.4 Å². The Kier molecular flexibility index (Phi) is 5.20. The number of hydrogen-bond donors (Lipinski definition) is 3. The quantitative estimate of drug-likeness (QED) is 0.594. The number of aromatic nitrogens is 2. The molecule has 0 bridgehead atoms. The van der Waals surface area contributed by atoms with E-state index in [4.69, 9.17) is 5.11 Å². The Bertz CT molecular complexity index is 1110. The van der Waals surface area contributed by atoms with Crippen molar-refractivity contribution in [3.05, 3.63) is 64.1 Å². The topological polar surface area (TPSA) is 104 Å². The summed E-state index contributed by atoms with van der Waals surface area (Å²) in [6.45, 7) is 0. The van der Waals surface area contributed by atoms with Gasteiger partial charge in [-0.25, -0.2) is 4.79 Å². The lowest BCUT2D eigenvalue weighted by molar-refractivity contribution is -0.136. The molecular weight excluding hydrogens is 370 g/mol. The standard InChI is InChI=1S/C22H23N3O4/c26-20(27)12-7-14-5-9-16(10-6-14)23-21(28)15-8-11-19-18(13-15)24-22(29)25(19)17-3-1-2-4-17/h5-6,8-11,13,17H,1-4,7,12H2,(H,23,28)(H,24,29)(H,26,27). The highest BCUT2D eigenvalue weighted by Crippen LogP contribution is 2.30. The van der Waals surface area contributed by atoms with Crippen LogP contribution < -0.4 is 11.0 Å². The molecule has 4 rings (SSSR count). The molecule has 1 aliphatic rings. The number of benzene rings is 2. The van der Waals surface area contributed by atoms with Crippen LogP contribution in [0.15, 0.2) is 47.3 Å². The molecule has 3 N–H and O–H groups in total. The second-order valence-corrected chi connectivity index (χ2v) is 7.52. The maximum atomic E-state index is 12.6. The first-order chi connectivity index (χ1) is 14.0. The van der Waals surface area contributed by atoms with Crippen LogP contribution in [0.3, 0.4) is 0 Å². The van der Waals surface area contributed by atoms with Gasteiger partial charge in [-0.05, 0) is 55.2 Å². The van der Waals surface area contributed by atoms with E-state index in [9.17, 15) is 14.4 Å². The zero-order valence-electron chi connectivity index (χ0n) is 16.0. The molecule has 0 atom stereocenters. The molecule has 150 valence electrons. The molecule has 0 aliphatic heterocycles. The summed E-state index contributed by atoms with van der Waals surface area (Å²) < 4.78 is 1.82. The van der Waals surface area contributed by atoms with E-state index >= 15 is 0 Å². The minimum absolute atomic E-state index is 0.0738. The summed E-state index contributed by atoms with van der Waals surface area (Å²) in [6.07, 6.45) is 4.82. The number of carbonyl (C=O) groups excluding carboxylic acids is 1. The van der Waals surface area contributed by atoms with Crippen LogP contribution in [0.5, 0.6) is 0 Å². The van der Waals surface area contributed by atoms with Gasteiger partial charge in [0.15, 0.2) is 0 Å². The van der Waals surface area contributed by atoms with Crippen LogP contribution in [-0.4, -0.2) is 26.5 Å². The highest BCUT2D eigenvalue weighted by Gasteiger charge is 2.21. The van der Waals surface area contributed by atoms with E-state index in [-0.39, 0.29) is 24.1 Å². The predicted octanol–water partition coefficient (Wildman–Crippen LogP) is 3.71. The Morgan fingerprint density at radius 1 is 1.10 bits per heavy atom. The van der Waals surface area contributed by atoms with Crippen molar-refractivity contribution in [2.45, 2.75) is 44.6 Å². The molecule has 1 heterocycles. The van der Waals surface area contributed by atoms with Crippen molar-refractivity contribution in [1.82, 2.24) is 9.55 Å². The number of imidazole rings is 1. The van der Waals surface area contributed by atoms with Gasteiger partial charge < -0.3 is 15.4 Å². The normalized spacial score (nSPS) is 14.3. The van der Waals surface area contributed by atoms with Gasteiger partial charge in [0.05, 0.1) is 11.0 Å². The van der Waals surface area contributed by atoms with E-state index in [2.05, 4.69) is 10.3 Å².